The number of carbonyl (C=O) groups is 1. The summed E-state index contributed by atoms with van der Waals surface area (Å²) in [5.41, 5.74) is 7.82. The van der Waals surface area contributed by atoms with Crippen LogP contribution in [-0.4, -0.2) is 74.4 Å². The zero-order chi connectivity index (χ0) is 26.4. The lowest BCUT2D eigenvalue weighted by Crippen LogP contribution is -2.49. The highest BCUT2D eigenvalue weighted by Crippen LogP contribution is 2.38. The molecule has 1 aliphatic rings. The van der Waals surface area contributed by atoms with E-state index in [9.17, 15) is 4.79 Å². The fraction of sp³-hybridized carbons (Fsp3) is 0.385. The maximum Gasteiger partial charge on any atom is 0.228 e. The van der Waals surface area contributed by atoms with E-state index in [4.69, 9.17) is 25.2 Å². The molecule has 1 aromatic heterocycles. The van der Waals surface area contributed by atoms with Crippen LogP contribution in [0, 0.1) is 17.1 Å². The van der Waals surface area contributed by atoms with Crippen LogP contribution in [0.1, 0.15) is 17.5 Å². The van der Waals surface area contributed by atoms with Crippen molar-refractivity contribution in [2.45, 2.75) is 12.8 Å². The maximum atomic E-state index is 15.4. The molecule has 3 aromatic rings. The Morgan fingerprint density at radius 2 is 1.86 bits per heavy atom. The van der Waals surface area contributed by atoms with Crippen LogP contribution >= 0.6 is 0 Å². The van der Waals surface area contributed by atoms with Gasteiger partial charge in [-0.25, -0.2) is 9.37 Å². The Hall–Kier alpha value is -4.17. The van der Waals surface area contributed by atoms with Gasteiger partial charge in [-0.05, 0) is 30.2 Å². The number of nitrogen functional groups attached to an aromatic ring is 1. The molecule has 0 atom stereocenters. The quantitative estimate of drug-likeness (QED) is 0.434. The summed E-state index contributed by atoms with van der Waals surface area (Å²) >= 11 is 0. The van der Waals surface area contributed by atoms with Crippen LogP contribution in [0.25, 0.3) is 10.9 Å². The van der Waals surface area contributed by atoms with Gasteiger partial charge in [-0.3, -0.25) is 4.79 Å². The molecule has 37 heavy (non-hydrogen) atoms. The molecule has 2 aromatic carbocycles. The first-order chi connectivity index (χ1) is 17.9. The number of nitrogens with zero attached hydrogens (tertiary/aromatic N) is 5. The highest BCUT2D eigenvalue weighted by Gasteiger charge is 2.25. The van der Waals surface area contributed by atoms with E-state index in [-0.39, 0.29) is 42.0 Å². The van der Waals surface area contributed by atoms with Crippen LogP contribution in [0.3, 0.4) is 0 Å². The monoisotopic (exact) mass is 508 g/mol. The topological polar surface area (TPSA) is 127 Å². The van der Waals surface area contributed by atoms with Crippen LogP contribution in [0.15, 0.2) is 30.3 Å². The van der Waals surface area contributed by atoms with Gasteiger partial charge >= 0.3 is 0 Å². The minimum atomic E-state index is -0.683. The van der Waals surface area contributed by atoms with E-state index < -0.39 is 5.82 Å². The second-order valence-electron chi connectivity index (χ2n) is 8.54. The molecule has 194 valence electrons. The third kappa shape index (κ3) is 5.81. The first-order valence-electron chi connectivity index (χ1n) is 11.9. The van der Waals surface area contributed by atoms with Crippen molar-refractivity contribution >= 4 is 28.6 Å². The number of nitriles is 1. The Labute approximate surface area is 214 Å². The van der Waals surface area contributed by atoms with Gasteiger partial charge < -0.3 is 29.7 Å². The van der Waals surface area contributed by atoms with Crippen molar-refractivity contribution in [1.82, 2.24) is 14.9 Å². The lowest BCUT2D eigenvalue weighted by molar-refractivity contribution is -0.131. The lowest BCUT2D eigenvalue weighted by atomic mass is 10.1. The average molecular weight is 509 g/mol. The van der Waals surface area contributed by atoms with E-state index >= 15 is 4.39 Å². The summed E-state index contributed by atoms with van der Waals surface area (Å²) in [6.45, 7) is 2.39. The number of aryl methyl sites for hydroxylation is 1. The molecule has 0 saturated carbocycles. The van der Waals surface area contributed by atoms with Crippen LogP contribution in [0.2, 0.25) is 0 Å². The molecule has 0 aliphatic carbocycles. The number of hydrogen-bond acceptors (Lipinski definition) is 9. The molecule has 11 heteroatoms. The number of halogens is 1. The van der Waals surface area contributed by atoms with Gasteiger partial charge in [0.15, 0.2) is 17.3 Å². The molecule has 2 heterocycles. The van der Waals surface area contributed by atoms with Gasteiger partial charge in [0.2, 0.25) is 11.9 Å². The number of piperazine rings is 1. The highest BCUT2D eigenvalue weighted by atomic mass is 19.1. The summed E-state index contributed by atoms with van der Waals surface area (Å²) < 4.78 is 31.2. The minimum absolute atomic E-state index is 0.0386. The second-order valence-corrected chi connectivity index (χ2v) is 8.54. The Bertz CT molecular complexity index is 1300. The standard InChI is InChI=1S/C26H29FN6O4/c1-35-13-14-37-24-20(36-2)15-19-23(22(24)27)30-26(31-25(19)29)33-11-9-32(10-12-33)21(34)8-7-17-3-5-18(16-28)6-4-17/h3-6,15H,7-14H2,1-2H3,(H2,29,30,31). The van der Waals surface area contributed by atoms with Crippen molar-refractivity contribution in [3.8, 4) is 17.6 Å². The van der Waals surface area contributed by atoms with Gasteiger partial charge in [0, 0.05) is 45.1 Å². The number of rotatable bonds is 9. The maximum absolute atomic E-state index is 15.4. The molecule has 0 unspecified atom stereocenters. The zero-order valence-electron chi connectivity index (χ0n) is 20.9. The van der Waals surface area contributed by atoms with Crippen molar-refractivity contribution < 1.29 is 23.4 Å². The van der Waals surface area contributed by atoms with E-state index in [0.29, 0.717) is 55.9 Å². The summed E-state index contributed by atoms with van der Waals surface area (Å²) in [5.74, 6) is -0.0782. The predicted molar refractivity (Wildman–Crippen MR) is 136 cm³/mol. The number of aromatic nitrogens is 2. The Balaban J connectivity index is 1.44. The molecular formula is C26H29FN6O4. The van der Waals surface area contributed by atoms with Gasteiger partial charge in [-0.1, -0.05) is 12.1 Å². The molecule has 2 N–H and O–H groups in total. The number of benzene rings is 2. The molecular weight excluding hydrogens is 479 g/mol. The van der Waals surface area contributed by atoms with Gasteiger partial charge in [-0.2, -0.15) is 10.2 Å². The van der Waals surface area contributed by atoms with Gasteiger partial charge in [0.25, 0.3) is 0 Å². The first-order valence-corrected chi connectivity index (χ1v) is 11.9. The molecule has 0 bridgehead atoms. The van der Waals surface area contributed by atoms with Crippen molar-refractivity contribution in [3.05, 3.63) is 47.3 Å². The number of hydrogen-bond donors (Lipinski definition) is 1. The smallest absolute Gasteiger partial charge is 0.228 e. The Kier molecular flexibility index (Phi) is 8.20. The van der Waals surface area contributed by atoms with E-state index in [1.54, 1.807) is 23.1 Å². The Morgan fingerprint density at radius 3 is 2.51 bits per heavy atom. The summed E-state index contributed by atoms with van der Waals surface area (Å²) in [6, 6.07) is 10.9. The predicted octanol–water partition coefficient (Wildman–Crippen LogP) is 2.54. The lowest BCUT2D eigenvalue weighted by Gasteiger charge is -2.35. The number of amides is 1. The molecule has 1 aliphatic heterocycles. The summed E-state index contributed by atoms with van der Waals surface area (Å²) in [5, 5.41) is 9.24. The van der Waals surface area contributed by atoms with Gasteiger partial charge in [0.05, 0.1) is 25.3 Å². The third-order valence-electron chi connectivity index (χ3n) is 6.25. The van der Waals surface area contributed by atoms with Crippen LogP contribution in [-0.2, 0) is 16.0 Å². The molecule has 0 spiro atoms. The van der Waals surface area contributed by atoms with E-state index in [1.807, 2.05) is 17.0 Å². The SMILES string of the molecule is COCCOc1c(OC)cc2c(N)nc(N3CCN(C(=O)CCc4ccc(C#N)cc4)CC3)nc2c1F. The number of anilines is 2. The van der Waals surface area contributed by atoms with E-state index in [2.05, 4.69) is 16.0 Å². The molecule has 0 radical (unpaired) electrons. The number of carbonyl (C=O) groups excluding carboxylic acids is 1. The van der Waals surface area contributed by atoms with Crippen molar-refractivity contribution in [2.75, 3.05) is 64.2 Å². The van der Waals surface area contributed by atoms with Gasteiger partial charge in [-0.15, -0.1) is 0 Å². The van der Waals surface area contributed by atoms with E-state index in [1.165, 1.54) is 14.2 Å². The number of fused-ring (bicyclic) bond motifs is 1. The largest absolute Gasteiger partial charge is 0.493 e. The third-order valence-corrected chi connectivity index (χ3v) is 6.25. The fourth-order valence-electron chi connectivity index (χ4n) is 4.16. The van der Waals surface area contributed by atoms with Crippen molar-refractivity contribution in [1.29, 1.82) is 5.26 Å². The fourth-order valence-corrected chi connectivity index (χ4v) is 4.16. The van der Waals surface area contributed by atoms with Crippen molar-refractivity contribution in [3.63, 3.8) is 0 Å². The first kappa shape index (κ1) is 25.9. The van der Waals surface area contributed by atoms with Crippen molar-refractivity contribution in [2.24, 2.45) is 0 Å². The molecule has 1 fully saturated rings. The highest BCUT2D eigenvalue weighted by molar-refractivity contribution is 5.92. The van der Waals surface area contributed by atoms with Crippen LogP contribution in [0.5, 0.6) is 11.5 Å². The summed E-state index contributed by atoms with van der Waals surface area (Å²) in [7, 11) is 2.95. The minimum Gasteiger partial charge on any atom is -0.493 e. The Morgan fingerprint density at radius 1 is 1.14 bits per heavy atom. The molecule has 10 nitrogen and oxygen atoms in total. The summed E-state index contributed by atoms with van der Waals surface area (Å²) in [4.78, 5) is 25.3. The molecule has 1 amide bonds. The van der Waals surface area contributed by atoms with Crippen LogP contribution < -0.4 is 20.1 Å². The summed E-state index contributed by atoms with van der Waals surface area (Å²) in [6.07, 6.45) is 0.983. The normalized spacial score (nSPS) is 13.5. The number of nitrogens with two attached hydrogens (primary N) is 1. The molecule has 4 rings (SSSR count). The van der Waals surface area contributed by atoms with E-state index in [0.717, 1.165) is 5.56 Å². The zero-order valence-corrected chi connectivity index (χ0v) is 20.9. The number of methoxy groups -OCH3 is 2. The van der Waals surface area contributed by atoms with Gasteiger partial charge in [0.1, 0.15) is 17.9 Å². The van der Waals surface area contributed by atoms with Crippen LogP contribution in [0.4, 0.5) is 16.2 Å². The molecule has 1 saturated heterocycles. The average Bonchev–Trinajstić information content (AvgIpc) is 2.93. The number of ether oxygens (including phenoxy) is 3. The second kappa shape index (κ2) is 11.7.